The van der Waals surface area contributed by atoms with Gasteiger partial charge in [-0.15, -0.1) is 0 Å². The van der Waals surface area contributed by atoms with E-state index in [1.54, 1.807) is 13.8 Å². The van der Waals surface area contributed by atoms with E-state index in [4.69, 9.17) is 0 Å². The number of rotatable bonds is 3. The summed E-state index contributed by atoms with van der Waals surface area (Å²) in [6.07, 6.45) is 0.0278. The molecule has 0 amide bonds. The molecule has 4 nitrogen and oxygen atoms in total. The molecular weight excluding hydrogens is 223 g/mol. The van der Waals surface area contributed by atoms with Crippen molar-refractivity contribution in [2.45, 2.75) is 51.5 Å². The zero-order valence-corrected chi connectivity index (χ0v) is 10.6. The molecule has 4 unspecified atom stereocenters. The molecule has 0 bridgehead atoms. The van der Waals surface area contributed by atoms with Crippen LogP contribution in [0.3, 0.4) is 0 Å². The number of hydrogen-bond acceptors (Lipinski definition) is 3. The number of halogens is 1. The van der Waals surface area contributed by atoms with E-state index >= 15 is 0 Å². The van der Waals surface area contributed by atoms with E-state index in [1.165, 1.54) is 0 Å². The molecule has 2 N–H and O–H groups in total. The van der Waals surface area contributed by atoms with Gasteiger partial charge in [-0.1, -0.05) is 0 Å². The number of nitrogens with one attached hydrogen (secondary N) is 1. The standard InChI is InChI=1S/C12H21FN2O2/c1-7(12(2,3)11(16)17)15-5-4-9-10(15)8(13)6-14-9/h7-10,14H,4-6H2,1-3H3,(H,16,17). The highest BCUT2D eigenvalue weighted by atomic mass is 19.1. The van der Waals surface area contributed by atoms with E-state index in [1.807, 2.05) is 11.8 Å². The monoisotopic (exact) mass is 244 g/mol. The third kappa shape index (κ3) is 1.95. The Labute approximate surface area is 101 Å². The molecule has 0 radical (unpaired) electrons. The van der Waals surface area contributed by atoms with Gasteiger partial charge < -0.3 is 10.4 Å². The normalized spacial score (nSPS) is 35.9. The molecule has 4 atom stereocenters. The molecule has 0 aliphatic carbocycles. The highest BCUT2D eigenvalue weighted by Crippen LogP contribution is 2.35. The minimum absolute atomic E-state index is 0.149. The van der Waals surface area contributed by atoms with Crippen molar-refractivity contribution in [2.75, 3.05) is 13.1 Å². The number of fused-ring (bicyclic) bond motifs is 1. The summed E-state index contributed by atoms with van der Waals surface area (Å²) in [6, 6.07) is -0.117. The van der Waals surface area contributed by atoms with Crippen LogP contribution in [0.1, 0.15) is 27.2 Å². The molecule has 2 fully saturated rings. The van der Waals surface area contributed by atoms with Gasteiger partial charge in [-0.3, -0.25) is 9.69 Å². The Morgan fingerprint density at radius 3 is 2.82 bits per heavy atom. The molecule has 2 aliphatic heterocycles. The van der Waals surface area contributed by atoms with Crippen molar-refractivity contribution in [1.82, 2.24) is 10.2 Å². The van der Waals surface area contributed by atoms with Crippen molar-refractivity contribution in [2.24, 2.45) is 5.41 Å². The van der Waals surface area contributed by atoms with E-state index in [0.29, 0.717) is 6.54 Å². The highest BCUT2D eigenvalue weighted by molar-refractivity contribution is 5.74. The van der Waals surface area contributed by atoms with Gasteiger partial charge in [0, 0.05) is 25.2 Å². The zero-order chi connectivity index (χ0) is 12.8. The number of alkyl halides is 1. The van der Waals surface area contributed by atoms with Crippen LogP contribution < -0.4 is 5.32 Å². The van der Waals surface area contributed by atoms with Gasteiger partial charge in [-0.25, -0.2) is 4.39 Å². The Morgan fingerprint density at radius 2 is 2.24 bits per heavy atom. The van der Waals surface area contributed by atoms with Gasteiger partial charge >= 0.3 is 5.97 Å². The van der Waals surface area contributed by atoms with Crippen molar-refractivity contribution >= 4 is 5.97 Å². The zero-order valence-electron chi connectivity index (χ0n) is 10.6. The summed E-state index contributed by atoms with van der Waals surface area (Å²) in [4.78, 5) is 13.3. The number of nitrogens with zero attached hydrogens (tertiary/aromatic N) is 1. The van der Waals surface area contributed by atoms with E-state index in [0.717, 1.165) is 13.0 Å². The lowest BCUT2D eigenvalue weighted by Crippen LogP contribution is -2.52. The first kappa shape index (κ1) is 12.8. The summed E-state index contributed by atoms with van der Waals surface area (Å²) in [5, 5.41) is 12.4. The molecule has 2 rings (SSSR count). The average Bonchev–Trinajstić information content (AvgIpc) is 2.81. The van der Waals surface area contributed by atoms with Crippen LogP contribution in [0.5, 0.6) is 0 Å². The predicted octanol–water partition coefficient (Wildman–Crippen LogP) is 0.870. The molecule has 2 aliphatic rings. The van der Waals surface area contributed by atoms with Gasteiger partial charge in [0.2, 0.25) is 0 Å². The minimum atomic E-state index is -0.880. The Kier molecular flexibility index (Phi) is 3.16. The molecule has 2 heterocycles. The highest BCUT2D eigenvalue weighted by Gasteiger charge is 2.49. The summed E-state index contributed by atoms with van der Waals surface area (Å²) in [6.45, 7) is 6.49. The number of aliphatic carboxylic acids is 1. The Bertz CT molecular complexity index is 322. The van der Waals surface area contributed by atoms with Crippen LogP contribution in [0.2, 0.25) is 0 Å². The van der Waals surface area contributed by atoms with Crippen LogP contribution in [-0.4, -0.2) is 53.4 Å². The number of carboxylic acid groups (broad SMARTS) is 1. The van der Waals surface area contributed by atoms with Gasteiger partial charge in [0.1, 0.15) is 6.17 Å². The smallest absolute Gasteiger partial charge is 0.310 e. The number of likely N-dealkylation sites (tertiary alicyclic amines) is 1. The van der Waals surface area contributed by atoms with Crippen molar-refractivity contribution in [3.63, 3.8) is 0 Å². The Balaban J connectivity index is 2.15. The third-order valence-corrected chi connectivity index (χ3v) is 4.53. The lowest BCUT2D eigenvalue weighted by Gasteiger charge is -2.38. The maximum Gasteiger partial charge on any atom is 0.310 e. The van der Waals surface area contributed by atoms with Crippen LogP contribution in [0.15, 0.2) is 0 Å². The molecule has 98 valence electrons. The number of hydrogen-bond donors (Lipinski definition) is 2. The summed E-state index contributed by atoms with van der Waals surface area (Å²) in [7, 11) is 0. The van der Waals surface area contributed by atoms with E-state index in [-0.39, 0.29) is 18.1 Å². The van der Waals surface area contributed by atoms with Crippen LogP contribution in [0.25, 0.3) is 0 Å². The average molecular weight is 244 g/mol. The van der Waals surface area contributed by atoms with E-state index in [9.17, 15) is 14.3 Å². The van der Waals surface area contributed by atoms with Crippen LogP contribution in [0, 0.1) is 5.41 Å². The summed E-state index contributed by atoms with van der Waals surface area (Å²) in [5.74, 6) is -0.824. The molecule has 17 heavy (non-hydrogen) atoms. The first-order chi connectivity index (χ1) is 7.85. The Hall–Kier alpha value is -0.680. The second-order valence-electron chi connectivity index (χ2n) is 5.75. The first-order valence-corrected chi connectivity index (χ1v) is 6.22. The largest absolute Gasteiger partial charge is 0.481 e. The van der Waals surface area contributed by atoms with E-state index in [2.05, 4.69) is 5.32 Å². The number of carbonyl (C=O) groups is 1. The van der Waals surface area contributed by atoms with Gasteiger partial charge in [0.05, 0.1) is 11.5 Å². The second kappa shape index (κ2) is 4.21. The van der Waals surface area contributed by atoms with Gasteiger partial charge in [-0.2, -0.15) is 0 Å². The van der Waals surface area contributed by atoms with Crippen molar-refractivity contribution in [1.29, 1.82) is 0 Å². The lowest BCUT2D eigenvalue weighted by atomic mass is 9.84. The first-order valence-electron chi connectivity index (χ1n) is 6.22. The molecule has 2 saturated heterocycles. The third-order valence-electron chi connectivity index (χ3n) is 4.53. The summed E-state index contributed by atoms with van der Waals surface area (Å²) in [5.41, 5.74) is -0.850. The van der Waals surface area contributed by atoms with Gasteiger partial charge in [0.15, 0.2) is 0 Å². The van der Waals surface area contributed by atoms with Crippen LogP contribution in [0.4, 0.5) is 4.39 Å². The molecule has 0 saturated carbocycles. The summed E-state index contributed by atoms with van der Waals surface area (Å²) >= 11 is 0. The molecule has 0 aromatic carbocycles. The fourth-order valence-corrected chi connectivity index (χ4v) is 2.95. The Morgan fingerprint density at radius 1 is 1.59 bits per heavy atom. The molecule has 5 heteroatoms. The lowest BCUT2D eigenvalue weighted by molar-refractivity contribution is -0.151. The second-order valence-corrected chi connectivity index (χ2v) is 5.75. The maximum absolute atomic E-state index is 13.8. The molecule has 0 aromatic rings. The SMILES string of the molecule is CC(N1CCC2NCC(F)C21)C(C)(C)C(=O)O. The van der Waals surface area contributed by atoms with Gasteiger partial charge in [-0.05, 0) is 27.2 Å². The fourth-order valence-electron chi connectivity index (χ4n) is 2.95. The summed E-state index contributed by atoms with van der Waals surface area (Å²) < 4.78 is 13.8. The minimum Gasteiger partial charge on any atom is -0.481 e. The van der Waals surface area contributed by atoms with E-state index < -0.39 is 17.6 Å². The fraction of sp³-hybridized carbons (Fsp3) is 0.917. The number of carboxylic acids is 1. The topological polar surface area (TPSA) is 52.6 Å². The van der Waals surface area contributed by atoms with Crippen LogP contribution in [-0.2, 0) is 4.79 Å². The van der Waals surface area contributed by atoms with Crippen molar-refractivity contribution < 1.29 is 14.3 Å². The van der Waals surface area contributed by atoms with Crippen molar-refractivity contribution in [3.8, 4) is 0 Å². The van der Waals surface area contributed by atoms with Crippen molar-refractivity contribution in [3.05, 3.63) is 0 Å². The maximum atomic E-state index is 13.8. The van der Waals surface area contributed by atoms with Crippen LogP contribution >= 0.6 is 0 Å². The molecule has 0 aromatic heterocycles. The molecule has 0 spiro atoms. The predicted molar refractivity (Wildman–Crippen MR) is 62.7 cm³/mol. The molecular formula is C12H21FN2O2. The van der Waals surface area contributed by atoms with Gasteiger partial charge in [0.25, 0.3) is 0 Å². The quantitative estimate of drug-likeness (QED) is 0.773.